The summed E-state index contributed by atoms with van der Waals surface area (Å²) in [5.41, 5.74) is 0. The fourth-order valence-electron chi connectivity index (χ4n) is 0.805. The van der Waals surface area contributed by atoms with Gasteiger partial charge in [0.1, 0.15) is 12.2 Å². The quantitative estimate of drug-likeness (QED) is 0.624. The highest BCUT2D eigenvalue weighted by molar-refractivity contribution is 8.00. The number of aromatic nitrogens is 3. The van der Waals surface area contributed by atoms with Crippen LogP contribution in [0, 0.1) is 0 Å². The Hall–Kier alpha value is -0.510. The lowest BCUT2D eigenvalue weighted by atomic mass is 10.2. The van der Waals surface area contributed by atoms with Crippen LogP contribution in [0.25, 0.3) is 0 Å². The predicted molar refractivity (Wildman–Crippen MR) is 36.4 cm³/mol. The SMILES string of the molecule is c1n[nH]c(C2CSC2)n1. The van der Waals surface area contributed by atoms with Crippen LogP contribution >= 0.6 is 11.8 Å². The Kier molecular flexibility index (Phi) is 1.19. The van der Waals surface area contributed by atoms with Crippen molar-refractivity contribution < 1.29 is 0 Å². The summed E-state index contributed by atoms with van der Waals surface area (Å²) in [5.74, 6) is 4.11. The zero-order chi connectivity index (χ0) is 6.10. The summed E-state index contributed by atoms with van der Waals surface area (Å²) >= 11 is 1.96. The van der Waals surface area contributed by atoms with Gasteiger partial charge in [0.2, 0.25) is 0 Å². The maximum absolute atomic E-state index is 4.06. The summed E-state index contributed by atoms with van der Waals surface area (Å²) in [7, 11) is 0. The molecule has 1 aromatic rings. The predicted octanol–water partition coefficient (Wildman–Crippen LogP) is 0.635. The molecule has 0 aromatic carbocycles. The molecule has 1 aliphatic heterocycles. The fourth-order valence-corrected chi connectivity index (χ4v) is 1.59. The van der Waals surface area contributed by atoms with E-state index in [1.54, 1.807) is 6.33 Å². The zero-order valence-corrected chi connectivity index (χ0v) is 5.69. The lowest BCUT2D eigenvalue weighted by Crippen LogP contribution is -2.16. The van der Waals surface area contributed by atoms with Gasteiger partial charge in [-0.2, -0.15) is 16.9 Å². The maximum atomic E-state index is 4.06. The number of hydrogen-bond acceptors (Lipinski definition) is 3. The second-order valence-corrected chi connectivity index (χ2v) is 3.18. The van der Waals surface area contributed by atoms with Crippen LogP contribution in [-0.2, 0) is 0 Å². The van der Waals surface area contributed by atoms with Gasteiger partial charge in [-0.05, 0) is 0 Å². The van der Waals surface area contributed by atoms with Crippen molar-refractivity contribution in [3.05, 3.63) is 12.2 Å². The summed E-state index contributed by atoms with van der Waals surface area (Å²) in [5, 5.41) is 6.64. The second kappa shape index (κ2) is 2.02. The topological polar surface area (TPSA) is 41.6 Å². The number of hydrogen-bond donors (Lipinski definition) is 1. The maximum Gasteiger partial charge on any atom is 0.137 e. The molecule has 0 amide bonds. The molecule has 1 saturated heterocycles. The number of rotatable bonds is 1. The third-order valence-electron chi connectivity index (χ3n) is 1.46. The molecule has 0 unspecified atom stereocenters. The summed E-state index contributed by atoms with van der Waals surface area (Å²) in [6, 6.07) is 0. The van der Waals surface area contributed by atoms with E-state index in [9.17, 15) is 0 Å². The van der Waals surface area contributed by atoms with Gasteiger partial charge in [-0.15, -0.1) is 0 Å². The van der Waals surface area contributed by atoms with Crippen LogP contribution in [0.2, 0.25) is 0 Å². The third-order valence-corrected chi connectivity index (χ3v) is 2.73. The first kappa shape index (κ1) is 5.29. The Labute approximate surface area is 57.3 Å². The van der Waals surface area contributed by atoms with Crippen LogP contribution in [0.1, 0.15) is 11.7 Å². The van der Waals surface area contributed by atoms with Crippen LogP contribution in [0.4, 0.5) is 0 Å². The molecule has 1 N–H and O–H groups in total. The normalized spacial score (nSPS) is 19.6. The lowest BCUT2D eigenvalue weighted by molar-refractivity contribution is 0.769. The molecule has 2 rings (SSSR count). The molecule has 1 aromatic heterocycles. The Morgan fingerprint density at radius 3 is 3.00 bits per heavy atom. The molecule has 3 nitrogen and oxygen atoms in total. The number of nitrogens with one attached hydrogen (secondary N) is 1. The standard InChI is InChI=1S/C5H7N3S/c1-4(2-9-1)5-6-3-7-8-5/h3-4H,1-2H2,(H,6,7,8). The highest BCUT2D eigenvalue weighted by atomic mass is 32.2. The third kappa shape index (κ3) is 0.830. The fraction of sp³-hybridized carbons (Fsp3) is 0.600. The van der Waals surface area contributed by atoms with Gasteiger partial charge in [0.15, 0.2) is 0 Å². The first-order valence-electron chi connectivity index (χ1n) is 2.90. The van der Waals surface area contributed by atoms with Gasteiger partial charge in [0.05, 0.1) is 0 Å². The molecule has 0 bridgehead atoms. The van der Waals surface area contributed by atoms with Crippen molar-refractivity contribution in [2.75, 3.05) is 11.5 Å². The Bertz CT molecular complexity index is 180. The molecule has 1 fully saturated rings. The molecule has 0 atom stereocenters. The molecule has 9 heavy (non-hydrogen) atoms. The average Bonchev–Trinajstić information content (AvgIpc) is 2.11. The minimum atomic E-state index is 0.650. The van der Waals surface area contributed by atoms with Crippen molar-refractivity contribution in [2.24, 2.45) is 0 Å². The van der Waals surface area contributed by atoms with E-state index in [1.807, 2.05) is 11.8 Å². The molecule has 48 valence electrons. The van der Waals surface area contributed by atoms with E-state index >= 15 is 0 Å². The Balaban J connectivity index is 2.14. The smallest absolute Gasteiger partial charge is 0.137 e. The van der Waals surface area contributed by atoms with Gasteiger partial charge >= 0.3 is 0 Å². The van der Waals surface area contributed by atoms with Crippen LogP contribution in [0.5, 0.6) is 0 Å². The van der Waals surface area contributed by atoms with Crippen molar-refractivity contribution in [1.29, 1.82) is 0 Å². The van der Waals surface area contributed by atoms with Gasteiger partial charge in [-0.25, -0.2) is 4.98 Å². The van der Waals surface area contributed by atoms with Crippen LogP contribution < -0.4 is 0 Å². The van der Waals surface area contributed by atoms with Crippen molar-refractivity contribution in [1.82, 2.24) is 15.2 Å². The number of nitrogens with zero attached hydrogens (tertiary/aromatic N) is 2. The van der Waals surface area contributed by atoms with Crippen molar-refractivity contribution in [2.45, 2.75) is 5.92 Å². The molecule has 2 heterocycles. The molecular weight excluding hydrogens is 134 g/mol. The summed E-state index contributed by atoms with van der Waals surface area (Å²) < 4.78 is 0. The lowest BCUT2D eigenvalue weighted by Gasteiger charge is -2.21. The highest BCUT2D eigenvalue weighted by Crippen LogP contribution is 2.31. The summed E-state index contributed by atoms with van der Waals surface area (Å²) in [4.78, 5) is 4.06. The molecule has 0 aliphatic carbocycles. The van der Waals surface area contributed by atoms with Gasteiger partial charge in [0, 0.05) is 17.4 Å². The summed E-state index contributed by atoms with van der Waals surface area (Å²) in [6.45, 7) is 0. The Morgan fingerprint density at radius 2 is 2.56 bits per heavy atom. The minimum absolute atomic E-state index is 0.650. The van der Waals surface area contributed by atoms with E-state index in [2.05, 4.69) is 15.2 Å². The van der Waals surface area contributed by atoms with Crippen molar-refractivity contribution in [3.8, 4) is 0 Å². The van der Waals surface area contributed by atoms with Gasteiger partial charge < -0.3 is 0 Å². The van der Waals surface area contributed by atoms with Gasteiger partial charge in [-0.3, -0.25) is 5.10 Å². The van der Waals surface area contributed by atoms with Gasteiger partial charge in [0.25, 0.3) is 0 Å². The van der Waals surface area contributed by atoms with Gasteiger partial charge in [-0.1, -0.05) is 0 Å². The van der Waals surface area contributed by atoms with Crippen LogP contribution in [0.3, 0.4) is 0 Å². The monoisotopic (exact) mass is 141 g/mol. The van der Waals surface area contributed by atoms with E-state index in [1.165, 1.54) is 11.5 Å². The zero-order valence-electron chi connectivity index (χ0n) is 4.87. The minimum Gasteiger partial charge on any atom is -0.263 e. The molecule has 4 heteroatoms. The molecular formula is C5H7N3S. The first-order chi connectivity index (χ1) is 4.47. The highest BCUT2D eigenvalue weighted by Gasteiger charge is 2.22. The first-order valence-corrected chi connectivity index (χ1v) is 4.05. The number of H-pyrrole nitrogens is 1. The molecule has 1 aliphatic rings. The number of thioether (sulfide) groups is 1. The molecule has 0 radical (unpaired) electrons. The van der Waals surface area contributed by atoms with E-state index in [-0.39, 0.29) is 0 Å². The molecule has 0 saturated carbocycles. The average molecular weight is 141 g/mol. The van der Waals surface area contributed by atoms with E-state index in [0.29, 0.717) is 5.92 Å². The number of aromatic amines is 1. The molecule has 0 spiro atoms. The largest absolute Gasteiger partial charge is 0.263 e. The van der Waals surface area contributed by atoms with Crippen molar-refractivity contribution in [3.63, 3.8) is 0 Å². The van der Waals surface area contributed by atoms with Crippen LogP contribution in [-0.4, -0.2) is 26.7 Å². The van der Waals surface area contributed by atoms with Crippen molar-refractivity contribution >= 4 is 11.8 Å². The Morgan fingerprint density at radius 1 is 1.67 bits per heavy atom. The van der Waals surface area contributed by atoms with E-state index in [4.69, 9.17) is 0 Å². The summed E-state index contributed by atoms with van der Waals surface area (Å²) in [6.07, 6.45) is 1.57. The van der Waals surface area contributed by atoms with Crippen LogP contribution in [0.15, 0.2) is 6.33 Å². The van der Waals surface area contributed by atoms with E-state index < -0.39 is 0 Å². The second-order valence-electron chi connectivity index (χ2n) is 2.11. The van der Waals surface area contributed by atoms with E-state index in [0.717, 1.165) is 5.82 Å².